The molecule has 5 rings (SSSR count). The Hall–Kier alpha value is -3.47. The molecule has 0 aromatic carbocycles. The van der Waals surface area contributed by atoms with Crippen molar-refractivity contribution in [3.05, 3.63) is 36.5 Å². The maximum atomic E-state index is 15.0. The largest absolute Gasteiger partial charge is 0.471 e. The third-order valence-electron chi connectivity index (χ3n) is 5.89. The molecule has 0 N–H and O–H groups in total. The predicted molar refractivity (Wildman–Crippen MR) is 126 cm³/mol. The second-order valence-corrected chi connectivity index (χ2v) is 9.65. The van der Waals surface area contributed by atoms with Gasteiger partial charge in [-0.1, -0.05) is 0 Å². The number of aromatic nitrogens is 4. The Bertz CT molecular complexity index is 1210. The average molecular weight is 485 g/mol. The Morgan fingerprint density at radius 3 is 2.71 bits per heavy atom. The van der Waals surface area contributed by atoms with Crippen molar-refractivity contribution >= 4 is 17.6 Å². The van der Waals surface area contributed by atoms with Gasteiger partial charge in [0.15, 0.2) is 17.3 Å². The molecule has 0 bridgehead atoms. The van der Waals surface area contributed by atoms with Crippen LogP contribution in [0.5, 0.6) is 5.88 Å². The van der Waals surface area contributed by atoms with Gasteiger partial charge in [0.1, 0.15) is 11.7 Å². The lowest BCUT2D eigenvalue weighted by molar-refractivity contribution is 0.0240. The molecule has 1 amide bonds. The zero-order valence-electron chi connectivity index (χ0n) is 20.1. The standard InChI is InChI=1S/C24H29FN6O4/c1-24(2,3)35-23(32)30-10-8-29(9-11-30)21-19(25)14-31-20(28-21)18(13-27-31)17-5-4-7-26-22(17)34-16-6-12-33-15-16/h4-5,7,13-14,16H,6,8-12,15H2,1-3H3. The summed E-state index contributed by atoms with van der Waals surface area (Å²) in [6, 6.07) is 3.70. The van der Waals surface area contributed by atoms with E-state index in [1.165, 1.54) is 10.7 Å². The number of fused-ring (bicyclic) bond motifs is 1. The van der Waals surface area contributed by atoms with E-state index in [0.717, 1.165) is 12.0 Å². The van der Waals surface area contributed by atoms with Gasteiger partial charge in [0.05, 0.1) is 31.2 Å². The molecule has 0 radical (unpaired) electrons. The molecule has 0 aliphatic carbocycles. The highest BCUT2D eigenvalue weighted by molar-refractivity contribution is 5.80. The second kappa shape index (κ2) is 9.29. The highest BCUT2D eigenvalue weighted by Crippen LogP contribution is 2.33. The Labute approximate surface area is 202 Å². The third kappa shape index (κ3) is 5.00. The lowest BCUT2D eigenvalue weighted by Crippen LogP contribution is -2.50. The molecular weight excluding hydrogens is 455 g/mol. The van der Waals surface area contributed by atoms with Gasteiger partial charge < -0.3 is 24.0 Å². The molecule has 0 saturated carbocycles. The van der Waals surface area contributed by atoms with Gasteiger partial charge in [0, 0.05) is 44.4 Å². The summed E-state index contributed by atoms with van der Waals surface area (Å²) in [5.74, 6) is 0.207. The zero-order chi connectivity index (χ0) is 24.6. The maximum absolute atomic E-state index is 15.0. The highest BCUT2D eigenvalue weighted by Gasteiger charge is 2.28. The molecule has 35 heavy (non-hydrogen) atoms. The van der Waals surface area contributed by atoms with Gasteiger partial charge in [-0.15, -0.1) is 0 Å². The first-order valence-electron chi connectivity index (χ1n) is 11.7. The van der Waals surface area contributed by atoms with E-state index in [1.54, 1.807) is 17.3 Å². The summed E-state index contributed by atoms with van der Waals surface area (Å²) in [5.41, 5.74) is 1.36. The monoisotopic (exact) mass is 484 g/mol. The van der Waals surface area contributed by atoms with E-state index in [1.807, 2.05) is 37.8 Å². The minimum absolute atomic E-state index is 0.0623. The molecule has 10 nitrogen and oxygen atoms in total. The van der Waals surface area contributed by atoms with E-state index in [-0.39, 0.29) is 18.0 Å². The third-order valence-corrected chi connectivity index (χ3v) is 5.89. The molecule has 2 fully saturated rings. The van der Waals surface area contributed by atoms with Crippen LogP contribution in [0.15, 0.2) is 30.7 Å². The maximum Gasteiger partial charge on any atom is 0.410 e. The molecule has 1 unspecified atom stereocenters. The molecule has 1 atom stereocenters. The van der Waals surface area contributed by atoms with E-state index in [2.05, 4.69) is 15.1 Å². The SMILES string of the molecule is CC(C)(C)OC(=O)N1CCN(c2nc3c(-c4cccnc4OC4CCOC4)cnn3cc2F)CC1. The number of nitrogens with zero attached hydrogens (tertiary/aromatic N) is 6. The zero-order valence-corrected chi connectivity index (χ0v) is 20.1. The molecule has 3 aromatic rings. The molecule has 186 valence electrons. The van der Waals surface area contributed by atoms with Crippen molar-refractivity contribution in [1.29, 1.82) is 0 Å². The van der Waals surface area contributed by atoms with Crippen molar-refractivity contribution in [2.24, 2.45) is 0 Å². The van der Waals surface area contributed by atoms with E-state index >= 15 is 4.39 Å². The van der Waals surface area contributed by atoms with Crippen molar-refractivity contribution in [3.63, 3.8) is 0 Å². The first kappa shape index (κ1) is 23.3. The highest BCUT2D eigenvalue weighted by atomic mass is 19.1. The van der Waals surface area contributed by atoms with Crippen LogP contribution in [0.25, 0.3) is 16.8 Å². The molecule has 3 aromatic heterocycles. The lowest BCUT2D eigenvalue weighted by atomic mass is 10.1. The van der Waals surface area contributed by atoms with E-state index in [4.69, 9.17) is 14.2 Å². The van der Waals surface area contributed by atoms with Crippen LogP contribution in [-0.4, -0.2) is 81.7 Å². The first-order chi connectivity index (χ1) is 16.8. The fourth-order valence-electron chi connectivity index (χ4n) is 4.17. The average Bonchev–Trinajstić information content (AvgIpc) is 3.48. The number of hydrogen-bond acceptors (Lipinski definition) is 8. The number of halogens is 1. The lowest BCUT2D eigenvalue weighted by Gasteiger charge is -2.36. The topological polar surface area (TPSA) is 94.3 Å². The van der Waals surface area contributed by atoms with Gasteiger partial charge in [-0.05, 0) is 32.9 Å². The van der Waals surface area contributed by atoms with Crippen LogP contribution in [0.4, 0.5) is 15.0 Å². The van der Waals surface area contributed by atoms with Gasteiger partial charge in [0.25, 0.3) is 0 Å². The van der Waals surface area contributed by atoms with Gasteiger partial charge in [-0.3, -0.25) is 0 Å². The summed E-state index contributed by atoms with van der Waals surface area (Å²) in [5, 5.41) is 4.30. The predicted octanol–water partition coefficient (Wildman–Crippen LogP) is 3.16. The Morgan fingerprint density at radius 2 is 2.00 bits per heavy atom. The molecular formula is C24H29FN6O4. The number of rotatable bonds is 4. The van der Waals surface area contributed by atoms with Gasteiger partial charge in [-0.25, -0.2) is 23.7 Å². The van der Waals surface area contributed by atoms with Crippen LogP contribution < -0.4 is 9.64 Å². The van der Waals surface area contributed by atoms with Crippen LogP contribution in [0.1, 0.15) is 27.2 Å². The van der Waals surface area contributed by atoms with Crippen molar-refractivity contribution in [3.8, 4) is 17.0 Å². The number of amides is 1. The van der Waals surface area contributed by atoms with E-state index < -0.39 is 11.4 Å². The van der Waals surface area contributed by atoms with Gasteiger partial charge in [-0.2, -0.15) is 5.10 Å². The quantitative estimate of drug-likeness (QED) is 0.558. The molecule has 2 saturated heterocycles. The Kier molecular flexibility index (Phi) is 6.18. The van der Waals surface area contributed by atoms with E-state index in [9.17, 15) is 4.79 Å². The molecule has 0 spiro atoms. The first-order valence-corrected chi connectivity index (χ1v) is 11.7. The number of piperazine rings is 1. The van der Waals surface area contributed by atoms with Crippen molar-refractivity contribution < 1.29 is 23.4 Å². The fourth-order valence-corrected chi connectivity index (χ4v) is 4.17. The summed E-state index contributed by atoms with van der Waals surface area (Å²) < 4.78 is 33.4. The minimum Gasteiger partial charge on any atom is -0.471 e. The van der Waals surface area contributed by atoms with Crippen molar-refractivity contribution in [2.75, 3.05) is 44.3 Å². The summed E-state index contributed by atoms with van der Waals surface area (Å²) in [4.78, 5) is 24.9. The number of pyridine rings is 1. The van der Waals surface area contributed by atoms with Crippen LogP contribution >= 0.6 is 0 Å². The van der Waals surface area contributed by atoms with Crippen LogP contribution in [0, 0.1) is 5.82 Å². The number of carbonyl (C=O) groups excluding carboxylic acids is 1. The second-order valence-electron chi connectivity index (χ2n) is 9.65. The smallest absolute Gasteiger partial charge is 0.410 e. The van der Waals surface area contributed by atoms with Crippen LogP contribution in [-0.2, 0) is 9.47 Å². The summed E-state index contributed by atoms with van der Waals surface area (Å²) in [6.07, 6.45) is 5.00. The van der Waals surface area contributed by atoms with Gasteiger partial charge in [0.2, 0.25) is 5.88 Å². The molecule has 5 heterocycles. The fraction of sp³-hybridized carbons (Fsp3) is 0.500. The minimum atomic E-state index is -0.565. The summed E-state index contributed by atoms with van der Waals surface area (Å²) >= 11 is 0. The number of ether oxygens (including phenoxy) is 3. The molecule has 11 heteroatoms. The Balaban J connectivity index is 1.39. The molecule has 2 aliphatic heterocycles. The number of hydrogen-bond donors (Lipinski definition) is 0. The molecule has 2 aliphatic rings. The van der Waals surface area contributed by atoms with Crippen LogP contribution in [0.2, 0.25) is 0 Å². The number of anilines is 1. The van der Waals surface area contributed by atoms with Crippen molar-refractivity contribution in [1.82, 2.24) is 24.5 Å². The Morgan fingerprint density at radius 1 is 1.20 bits per heavy atom. The summed E-state index contributed by atoms with van der Waals surface area (Å²) in [6.45, 7) is 8.38. The number of carbonyl (C=O) groups is 1. The normalized spacial score (nSPS) is 18.8. The van der Waals surface area contributed by atoms with Crippen LogP contribution in [0.3, 0.4) is 0 Å². The van der Waals surface area contributed by atoms with Gasteiger partial charge >= 0.3 is 6.09 Å². The van der Waals surface area contributed by atoms with Crippen molar-refractivity contribution in [2.45, 2.75) is 38.9 Å². The van der Waals surface area contributed by atoms with E-state index in [0.29, 0.717) is 56.5 Å². The summed E-state index contributed by atoms with van der Waals surface area (Å²) in [7, 11) is 0.